The lowest BCUT2D eigenvalue weighted by Crippen LogP contribution is -2.29. The number of hydrogen-bond acceptors (Lipinski definition) is 4. The average molecular weight is 556 g/mol. The minimum Gasteiger partial charge on any atom is -0.490 e. The monoisotopic (exact) mass is 555 g/mol. The molecule has 4 aromatic rings. The fourth-order valence-corrected chi connectivity index (χ4v) is 4.65. The molecule has 5 rings (SSSR count). The molecule has 0 saturated carbocycles. The highest BCUT2D eigenvalue weighted by Crippen LogP contribution is 2.43. The van der Waals surface area contributed by atoms with Gasteiger partial charge in [-0.05, 0) is 54.1 Å². The van der Waals surface area contributed by atoms with Gasteiger partial charge in [-0.25, -0.2) is 0 Å². The summed E-state index contributed by atoms with van der Waals surface area (Å²) >= 11 is 3.34. The van der Waals surface area contributed by atoms with Gasteiger partial charge in [0.05, 0.1) is 22.6 Å². The van der Waals surface area contributed by atoms with Crippen LogP contribution < -0.4 is 15.1 Å². The molecule has 36 heavy (non-hydrogen) atoms. The Kier molecular flexibility index (Phi) is 5.96. The quantitative estimate of drug-likeness (QED) is 0.251. The largest absolute Gasteiger partial charge is 0.490 e. The summed E-state index contributed by atoms with van der Waals surface area (Å²) in [6.07, 6.45) is -3.05. The second-order valence-electron chi connectivity index (χ2n) is 8.11. The maximum Gasteiger partial charge on any atom is 0.416 e. The van der Waals surface area contributed by atoms with Gasteiger partial charge in [0.2, 0.25) is 5.76 Å². The van der Waals surface area contributed by atoms with Gasteiger partial charge in [0.25, 0.3) is 5.91 Å². The van der Waals surface area contributed by atoms with Gasteiger partial charge in [-0.1, -0.05) is 46.8 Å². The molecule has 5 nitrogen and oxygen atoms in total. The molecule has 1 aliphatic rings. The van der Waals surface area contributed by atoms with Crippen molar-refractivity contribution in [3.63, 3.8) is 0 Å². The number of anilines is 1. The van der Waals surface area contributed by atoms with Crippen molar-refractivity contribution < 1.29 is 27.1 Å². The highest BCUT2D eigenvalue weighted by Gasteiger charge is 2.44. The van der Waals surface area contributed by atoms with E-state index in [0.29, 0.717) is 15.8 Å². The van der Waals surface area contributed by atoms with Crippen molar-refractivity contribution in [2.75, 3.05) is 11.5 Å². The zero-order valence-corrected chi connectivity index (χ0v) is 20.1. The van der Waals surface area contributed by atoms with Gasteiger partial charge in [0, 0.05) is 10.2 Å². The number of alkyl halides is 3. The lowest BCUT2D eigenvalue weighted by Gasteiger charge is -2.26. The molecule has 0 aliphatic carbocycles. The Bertz CT molecular complexity index is 1580. The van der Waals surface area contributed by atoms with Crippen molar-refractivity contribution >= 4 is 38.5 Å². The van der Waals surface area contributed by atoms with E-state index in [9.17, 15) is 22.8 Å². The molecule has 1 aromatic heterocycles. The van der Waals surface area contributed by atoms with E-state index in [1.807, 2.05) is 0 Å². The van der Waals surface area contributed by atoms with E-state index < -0.39 is 29.1 Å². The van der Waals surface area contributed by atoms with Gasteiger partial charge in [-0.15, -0.1) is 0 Å². The molecule has 182 valence electrons. The van der Waals surface area contributed by atoms with E-state index in [-0.39, 0.29) is 34.6 Å². The maximum atomic E-state index is 13.7. The topological polar surface area (TPSA) is 59.8 Å². The van der Waals surface area contributed by atoms with E-state index >= 15 is 0 Å². The van der Waals surface area contributed by atoms with Crippen LogP contribution in [0.1, 0.15) is 33.3 Å². The van der Waals surface area contributed by atoms with Gasteiger partial charge < -0.3 is 9.15 Å². The van der Waals surface area contributed by atoms with Crippen molar-refractivity contribution in [2.24, 2.45) is 0 Å². The van der Waals surface area contributed by atoms with Crippen molar-refractivity contribution in [2.45, 2.75) is 12.2 Å². The number of benzene rings is 3. The molecule has 0 N–H and O–H groups in total. The minimum absolute atomic E-state index is 0.0201. The fourth-order valence-electron chi connectivity index (χ4n) is 4.29. The van der Waals surface area contributed by atoms with Crippen molar-refractivity contribution in [3.8, 4) is 5.75 Å². The number of carbonyl (C=O) groups excluding carboxylic acids is 1. The molecule has 1 atom stereocenters. The van der Waals surface area contributed by atoms with Crippen LogP contribution in [-0.2, 0) is 6.18 Å². The van der Waals surface area contributed by atoms with Gasteiger partial charge in [0.1, 0.15) is 17.9 Å². The Morgan fingerprint density at radius 1 is 1.06 bits per heavy atom. The van der Waals surface area contributed by atoms with Crippen LogP contribution >= 0.6 is 15.9 Å². The molecular weight excluding hydrogens is 539 g/mol. The Labute approximate surface area is 211 Å². The smallest absolute Gasteiger partial charge is 0.416 e. The summed E-state index contributed by atoms with van der Waals surface area (Å²) in [7, 11) is 0. The predicted octanol–water partition coefficient (Wildman–Crippen LogP) is 6.89. The molecule has 0 radical (unpaired) electrons. The summed E-state index contributed by atoms with van der Waals surface area (Å²) in [5.74, 6) is -0.478. The zero-order valence-electron chi connectivity index (χ0n) is 18.5. The van der Waals surface area contributed by atoms with Gasteiger partial charge in [-0.2, -0.15) is 13.2 Å². The zero-order chi connectivity index (χ0) is 25.6. The summed E-state index contributed by atoms with van der Waals surface area (Å²) in [5, 5.41) is 0.242. The first-order chi connectivity index (χ1) is 17.2. The highest BCUT2D eigenvalue weighted by atomic mass is 79.9. The van der Waals surface area contributed by atoms with Crippen LogP contribution in [0.5, 0.6) is 5.75 Å². The third-order valence-electron chi connectivity index (χ3n) is 5.83. The normalized spacial score (nSPS) is 15.3. The van der Waals surface area contributed by atoms with Gasteiger partial charge >= 0.3 is 6.18 Å². The van der Waals surface area contributed by atoms with E-state index in [2.05, 4.69) is 22.5 Å². The minimum atomic E-state index is -4.62. The van der Waals surface area contributed by atoms with Crippen LogP contribution in [0.3, 0.4) is 0 Å². The Morgan fingerprint density at radius 3 is 2.58 bits per heavy atom. The Balaban J connectivity index is 1.77. The molecular formula is C27H17BrF3NO4. The molecule has 0 saturated heterocycles. The second-order valence-corrected chi connectivity index (χ2v) is 9.03. The molecule has 0 bridgehead atoms. The van der Waals surface area contributed by atoms with E-state index in [4.69, 9.17) is 9.15 Å². The Hall–Kier alpha value is -3.85. The molecule has 9 heteroatoms. The summed E-state index contributed by atoms with van der Waals surface area (Å²) in [6, 6.07) is 14.9. The first-order valence-corrected chi connectivity index (χ1v) is 11.6. The first kappa shape index (κ1) is 23.9. The summed E-state index contributed by atoms with van der Waals surface area (Å²) in [6.45, 7) is 3.84. The second kappa shape index (κ2) is 8.98. The number of ether oxygens (including phenoxy) is 1. The summed E-state index contributed by atoms with van der Waals surface area (Å²) in [4.78, 5) is 28.5. The van der Waals surface area contributed by atoms with Crippen LogP contribution in [0.25, 0.3) is 11.0 Å². The van der Waals surface area contributed by atoms with Gasteiger partial charge in [0.15, 0.2) is 5.43 Å². The van der Waals surface area contributed by atoms with E-state index in [0.717, 1.165) is 17.0 Å². The SMILES string of the molecule is C=CCOc1cccc(C2c3c(oc4ccc(Br)cc4c3=O)C(=O)N2c2cccc(C(F)(F)F)c2)c1. The number of hydrogen-bond donors (Lipinski definition) is 0. The van der Waals surface area contributed by atoms with Crippen LogP contribution in [0.4, 0.5) is 18.9 Å². The van der Waals surface area contributed by atoms with Crippen LogP contribution in [0, 0.1) is 0 Å². The molecule has 0 fully saturated rings. The first-order valence-electron chi connectivity index (χ1n) is 10.8. The Morgan fingerprint density at radius 2 is 1.83 bits per heavy atom. The van der Waals surface area contributed by atoms with Crippen LogP contribution in [0.2, 0.25) is 0 Å². The molecule has 1 aliphatic heterocycles. The average Bonchev–Trinajstić information content (AvgIpc) is 3.15. The third-order valence-corrected chi connectivity index (χ3v) is 6.32. The number of rotatable bonds is 5. The standard InChI is InChI=1S/C27H17BrF3NO4/c1-2-11-35-19-8-3-5-15(12-19)23-22-24(33)20-14-17(28)9-10-21(20)36-25(22)26(34)32(23)18-7-4-6-16(13-18)27(29,30)31/h2-10,12-14,23H,1,11H2. The molecule has 1 unspecified atom stereocenters. The van der Waals surface area contributed by atoms with E-state index in [1.165, 1.54) is 12.1 Å². The highest BCUT2D eigenvalue weighted by molar-refractivity contribution is 9.10. The van der Waals surface area contributed by atoms with Crippen LogP contribution in [-0.4, -0.2) is 12.5 Å². The number of halogens is 4. The maximum absolute atomic E-state index is 13.7. The summed E-state index contributed by atoms with van der Waals surface area (Å²) in [5.41, 5.74) is -0.667. The lowest BCUT2D eigenvalue weighted by molar-refractivity contribution is -0.137. The van der Waals surface area contributed by atoms with Crippen LogP contribution in [0.15, 0.2) is 93.1 Å². The van der Waals surface area contributed by atoms with Gasteiger partial charge in [-0.3, -0.25) is 14.5 Å². The molecule has 0 spiro atoms. The summed E-state index contributed by atoms with van der Waals surface area (Å²) < 4.78 is 52.6. The fraction of sp³-hybridized carbons (Fsp3) is 0.111. The number of carbonyl (C=O) groups is 1. The number of amides is 1. The molecule has 1 amide bonds. The molecule has 2 heterocycles. The van der Waals surface area contributed by atoms with E-state index in [1.54, 1.807) is 48.5 Å². The lowest BCUT2D eigenvalue weighted by atomic mass is 9.98. The van der Waals surface area contributed by atoms with Crippen molar-refractivity contribution in [1.29, 1.82) is 0 Å². The van der Waals surface area contributed by atoms with Crippen molar-refractivity contribution in [1.82, 2.24) is 0 Å². The molecule has 3 aromatic carbocycles. The third kappa shape index (κ3) is 4.09. The predicted molar refractivity (Wildman–Crippen MR) is 132 cm³/mol. The number of fused-ring (bicyclic) bond motifs is 2. The van der Waals surface area contributed by atoms with Crippen molar-refractivity contribution in [3.05, 3.63) is 117 Å². The number of nitrogens with zero attached hydrogens (tertiary/aromatic N) is 1.